The van der Waals surface area contributed by atoms with Gasteiger partial charge in [0.1, 0.15) is 12.2 Å². The zero-order valence-corrected chi connectivity index (χ0v) is 21.6. The summed E-state index contributed by atoms with van der Waals surface area (Å²) in [6, 6.07) is 0. The Morgan fingerprint density at radius 3 is 2.12 bits per heavy atom. The van der Waals surface area contributed by atoms with Crippen LogP contribution in [0.4, 0.5) is 0 Å². The van der Waals surface area contributed by atoms with Crippen molar-refractivity contribution in [2.75, 3.05) is 6.61 Å². The van der Waals surface area contributed by atoms with E-state index < -0.39 is 0 Å². The molecule has 3 saturated carbocycles. The molecule has 0 aromatic rings. The number of ether oxygens (including phenoxy) is 2. The smallest absolute Gasteiger partial charge is 0.309 e. The zero-order chi connectivity index (χ0) is 24.2. The molecular weight excluding hydrogens is 428 g/mol. The van der Waals surface area contributed by atoms with Crippen LogP contribution >= 0.6 is 0 Å². The van der Waals surface area contributed by atoms with Crippen molar-refractivity contribution in [2.45, 2.75) is 134 Å². The summed E-state index contributed by atoms with van der Waals surface area (Å²) in [6.07, 6.45) is 21.1. The maximum Gasteiger partial charge on any atom is 0.309 e. The molecule has 1 N–H and O–H groups in total. The summed E-state index contributed by atoms with van der Waals surface area (Å²) < 4.78 is 12.0. The Bertz CT molecular complexity index is 569. The molecule has 0 aromatic carbocycles. The predicted molar refractivity (Wildman–Crippen MR) is 135 cm³/mol. The second-order valence-corrected chi connectivity index (χ2v) is 11.3. The number of rotatable bonds is 13. The van der Waals surface area contributed by atoms with Gasteiger partial charge >= 0.3 is 5.97 Å². The summed E-state index contributed by atoms with van der Waals surface area (Å²) in [5.41, 5.74) is 0. The average molecular weight is 479 g/mol. The van der Waals surface area contributed by atoms with Crippen molar-refractivity contribution >= 4 is 5.97 Å². The van der Waals surface area contributed by atoms with Gasteiger partial charge in [0.05, 0.1) is 12.0 Å². The molecule has 34 heavy (non-hydrogen) atoms. The van der Waals surface area contributed by atoms with Gasteiger partial charge in [-0.1, -0.05) is 38.7 Å². The number of esters is 1. The van der Waals surface area contributed by atoms with Crippen molar-refractivity contribution in [1.29, 1.82) is 0 Å². The van der Waals surface area contributed by atoms with Crippen molar-refractivity contribution in [2.24, 2.45) is 23.7 Å². The maximum atomic E-state index is 12.8. The van der Waals surface area contributed by atoms with E-state index >= 15 is 0 Å². The lowest BCUT2D eigenvalue weighted by atomic mass is 9.70. The van der Waals surface area contributed by atoms with Crippen molar-refractivity contribution in [3.63, 3.8) is 0 Å². The van der Waals surface area contributed by atoms with Crippen LogP contribution in [0, 0.1) is 23.7 Å². The summed E-state index contributed by atoms with van der Waals surface area (Å²) in [5, 5.41) is 8.71. The monoisotopic (exact) mass is 478 g/mol. The maximum absolute atomic E-state index is 12.8. The fourth-order valence-corrected chi connectivity index (χ4v) is 6.67. The topological polar surface area (TPSA) is 65.0 Å². The number of hydrogen-bond donors (Lipinski definition) is 1. The van der Waals surface area contributed by atoms with Crippen LogP contribution in [0.1, 0.15) is 116 Å². The van der Waals surface area contributed by atoms with Gasteiger partial charge in [-0.05, 0) is 101 Å². The van der Waals surface area contributed by atoms with E-state index in [1.54, 1.807) is 6.08 Å². The third-order valence-corrected chi connectivity index (χ3v) is 8.90. The van der Waals surface area contributed by atoms with Gasteiger partial charge in [-0.3, -0.25) is 10.1 Å². The SMILES string of the molecule is C=CC(CCCCOC1CCC(C(=O)OC2CCC(C3CCC(CCC)CC3)CC2)CC1)OO. The number of hydrogen-bond acceptors (Lipinski definition) is 5. The van der Waals surface area contributed by atoms with Gasteiger partial charge in [0.25, 0.3) is 0 Å². The van der Waals surface area contributed by atoms with Crippen LogP contribution in [0.25, 0.3) is 0 Å². The first-order valence-corrected chi connectivity index (χ1v) is 14.4. The highest BCUT2D eigenvalue weighted by molar-refractivity contribution is 5.72. The van der Waals surface area contributed by atoms with Gasteiger partial charge in [0.2, 0.25) is 0 Å². The second kappa shape index (κ2) is 15.3. The van der Waals surface area contributed by atoms with Crippen molar-refractivity contribution in [3.8, 4) is 0 Å². The Morgan fingerprint density at radius 2 is 1.53 bits per heavy atom. The quantitative estimate of drug-likeness (QED) is 0.0977. The molecule has 0 saturated heterocycles. The van der Waals surface area contributed by atoms with Crippen molar-refractivity contribution in [3.05, 3.63) is 12.7 Å². The molecule has 0 aromatic heterocycles. The highest BCUT2D eigenvalue weighted by Crippen LogP contribution is 2.41. The van der Waals surface area contributed by atoms with Crippen LogP contribution in [0.2, 0.25) is 0 Å². The van der Waals surface area contributed by atoms with E-state index in [9.17, 15) is 4.79 Å². The van der Waals surface area contributed by atoms with Crippen LogP contribution in [-0.4, -0.2) is 36.1 Å². The molecule has 0 radical (unpaired) electrons. The third kappa shape index (κ3) is 8.95. The Balaban J connectivity index is 1.24. The van der Waals surface area contributed by atoms with Crippen LogP contribution < -0.4 is 0 Å². The Morgan fingerprint density at radius 1 is 0.912 bits per heavy atom. The molecule has 0 amide bonds. The molecule has 0 aliphatic heterocycles. The molecular formula is C29H50O5. The molecule has 0 spiro atoms. The molecule has 3 aliphatic carbocycles. The lowest BCUT2D eigenvalue weighted by molar-refractivity contribution is -0.267. The molecule has 0 bridgehead atoms. The first kappa shape index (κ1) is 27.7. The standard InChI is InChI=1S/C29H50O5/c1-3-7-22-9-11-23(12-10-22)24-13-19-28(20-14-24)33-29(30)25-15-17-27(18-16-25)32-21-6-5-8-26(4-2)34-31/h4,22-28,31H,2-3,5-21H2,1H3. The fraction of sp³-hybridized carbons (Fsp3) is 0.897. The summed E-state index contributed by atoms with van der Waals surface area (Å²) >= 11 is 0. The number of unbranched alkanes of at least 4 members (excludes halogenated alkanes) is 1. The minimum absolute atomic E-state index is 0.0430. The van der Waals surface area contributed by atoms with E-state index in [1.807, 2.05) is 0 Å². The van der Waals surface area contributed by atoms with E-state index in [1.165, 1.54) is 51.4 Å². The molecule has 5 heteroatoms. The van der Waals surface area contributed by atoms with Crippen LogP contribution in [-0.2, 0) is 19.2 Å². The van der Waals surface area contributed by atoms with E-state index in [0.29, 0.717) is 0 Å². The molecule has 1 unspecified atom stereocenters. The molecule has 196 valence electrons. The van der Waals surface area contributed by atoms with Crippen molar-refractivity contribution < 1.29 is 24.4 Å². The molecule has 0 heterocycles. The Kier molecular flexibility index (Phi) is 12.4. The normalized spacial score (nSPS) is 33.2. The van der Waals surface area contributed by atoms with E-state index in [-0.39, 0.29) is 30.2 Å². The van der Waals surface area contributed by atoms with Crippen LogP contribution in [0.5, 0.6) is 0 Å². The fourth-order valence-electron chi connectivity index (χ4n) is 6.67. The van der Waals surface area contributed by atoms with Gasteiger partial charge < -0.3 is 9.47 Å². The molecule has 3 aliphatic rings. The summed E-state index contributed by atoms with van der Waals surface area (Å²) in [5.74, 6) is 2.87. The van der Waals surface area contributed by atoms with Crippen molar-refractivity contribution in [1.82, 2.24) is 0 Å². The third-order valence-electron chi connectivity index (χ3n) is 8.90. The van der Waals surface area contributed by atoms with Gasteiger partial charge in [0, 0.05) is 6.61 Å². The van der Waals surface area contributed by atoms with E-state index in [2.05, 4.69) is 18.4 Å². The van der Waals surface area contributed by atoms with Gasteiger partial charge in [-0.2, -0.15) is 0 Å². The highest BCUT2D eigenvalue weighted by Gasteiger charge is 2.34. The lowest BCUT2D eigenvalue weighted by Crippen LogP contribution is -2.33. The molecule has 1 atom stereocenters. The second-order valence-electron chi connectivity index (χ2n) is 11.3. The first-order valence-electron chi connectivity index (χ1n) is 14.4. The van der Waals surface area contributed by atoms with Crippen LogP contribution in [0.3, 0.4) is 0 Å². The minimum atomic E-state index is -0.290. The number of carbonyl (C=O) groups excluding carboxylic acids is 1. The van der Waals surface area contributed by atoms with Gasteiger partial charge in [-0.25, -0.2) is 4.89 Å². The molecule has 3 rings (SSSR count). The first-order chi connectivity index (χ1) is 16.6. The minimum Gasteiger partial charge on any atom is -0.462 e. The largest absolute Gasteiger partial charge is 0.462 e. The molecule has 5 nitrogen and oxygen atoms in total. The van der Waals surface area contributed by atoms with Gasteiger partial charge in [-0.15, -0.1) is 6.58 Å². The summed E-state index contributed by atoms with van der Waals surface area (Å²) in [7, 11) is 0. The predicted octanol–water partition coefficient (Wildman–Crippen LogP) is 7.48. The summed E-state index contributed by atoms with van der Waals surface area (Å²) in [6.45, 7) is 6.67. The van der Waals surface area contributed by atoms with Gasteiger partial charge in [0.15, 0.2) is 0 Å². The highest BCUT2D eigenvalue weighted by atomic mass is 17.1. The molecule has 3 fully saturated rings. The zero-order valence-electron chi connectivity index (χ0n) is 21.6. The number of carbonyl (C=O) groups is 1. The Labute approximate surface area is 207 Å². The summed E-state index contributed by atoms with van der Waals surface area (Å²) in [4.78, 5) is 17.1. The van der Waals surface area contributed by atoms with E-state index in [0.717, 1.165) is 82.1 Å². The Hall–Kier alpha value is -0.910. The van der Waals surface area contributed by atoms with Crippen LogP contribution in [0.15, 0.2) is 12.7 Å². The van der Waals surface area contributed by atoms with E-state index in [4.69, 9.17) is 14.7 Å². The average Bonchev–Trinajstić information content (AvgIpc) is 2.88. The lowest BCUT2D eigenvalue weighted by Gasteiger charge is -2.38.